The summed E-state index contributed by atoms with van der Waals surface area (Å²) in [5.74, 6) is 0.487. The van der Waals surface area contributed by atoms with Crippen LogP contribution in [0.1, 0.15) is 35.2 Å². The largest absolute Gasteiger partial charge is 0.496 e. The van der Waals surface area contributed by atoms with E-state index < -0.39 is 0 Å². The lowest BCUT2D eigenvalue weighted by atomic mass is 9.96. The van der Waals surface area contributed by atoms with E-state index >= 15 is 0 Å². The molecule has 1 fully saturated rings. The normalized spacial score (nSPS) is 15.1. The first-order valence-corrected chi connectivity index (χ1v) is 11.0. The van der Waals surface area contributed by atoms with Crippen LogP contribution in [0.2, 0.25) is 5.02 Å². The maximum atomic E-state index is 12.9. The van der Waals surface area contributed by atoms with E-state index in [1.807, 2.05) is 12.1 Å². The van der Waals surface area contributed by atoms with Gasteiger partial charge in [-0.25, -0.2) is 4.39 Å². The van der Waals surface area contributed by atoms with Crippen molar-refractivity contribution in [3.8, 4) is 5.75 Å². The number of nitrogens with one attached hydrogen (secondary N) is 1. The van der Waals surface area contributed by atoms with Crippen molar-refractivity contribution in [1.82, 2.24) is 10.2 Å². The molecule has 0 spiro atoms. The van der Waals surface area contributed by atoms with Crippen molar-refractivity contribution < 1.29 is 13.9 Å². The molecule has 2 aromatic carbocycles. The van der Waals surface area contributed by atoms with Gasteiger partial charge >= 0.3 is 0 Å². The van der Waals surface area contributed by atoms with Crippen LogP contribution in [0.25, 0.3) is 0 Å². The van der Waals surface area contributed by atoms with E-state index in [0.717, 1.165) is 50.9 Å². The van der Waals surface area contributed by atoms with E-state index in [4.69, 9.17) is 22.1 Å². The highest BCUT2D eigenvalue weighted by Gasteiger charge is 2.21. The van der Waals surface area contributed by atoms with Crippen LogP contribution in [0.15, 0.2) is 36.4 Å². The minimum Gasteiger partial charge on any atom is -0.496 e. The number of amides is 1. The van der Waals surface area contributed by atoms with E-state index in [9.17, 15) is 9.18 Å². The summed E-state index contributed by atoms with van der Waals surface area (Å²) in [4.78, 5) is 15.0. The first kappa shape index (κ1) is 23.4. The van der Waals surface area contributed by atoms with Crippen molar-refractivity contribution in [2.45, 2.75) is 25.7 Å². The molecule has 0 atom stereocenters. The maximum absolute atomic E-state index is 12.9. The molecule has 0 aliphatic carbocycles. The number of ether oxygens (including phenoxy) is 1. The third kappa shape index (κ3) is 6.84. The molecule has 5 nitrogen and oxygen atoms in total. The van der Waals surface area contributed by atoms with E-state index in [1.54, 1.807) is 12.1 Å². The Morgan fingerprint density at radius 3 is 2.68 bits per heavy atom. The Balaban J connectivity index is 1.35. The fraction of sp³-hybridized carbons (Fsp3) is 0.417. The topological polar surface area (TPSA) is 67.6 Å². The van der Waals surface area contributed by atoms with Crippen molar-refractivity contribution in [2.24, 2.45) is 5.92 Å². The average molecular weight is 447 g/mol. The van der Waals surface area contributed by atoms with Crippen LogP contribution in [0.4, 0.5) is 10.1 Å². The van der Waals surface area contributed by atoms with Crippen molar-refractivity contribution >= 4 is 23.2 Å². The van der Waals surface area contributed by atoms with Crippen molar-refractivity contribution in [2.75, 3.05) is 39.0 Å². The SMILES string of the molecule is COc1cc(N)c(Cl)cc1C(=O)NCC1CCN(CC[CH]Cc2ccc(F)cc2)CC1. The molecule has 7 heteroatoms. The minimum absolute atomic E-state index is 0.195. The fourth-order valence-electron chi connectivity index (χ4n) is 3.82. The van der Waals surface area contributed by atoms with Crippen LogP contribution < -0.4 is 15.8 Å². The molecule has 0 bridgehead atoms. The Bertz CT molecular complexity index is 868. The van der Waals surface area contributed by atoms with Crippen LogP contribution in [-0.2, 0) is 6.42 Å². The van der Waals surface area contributed by atoms with Gasteiger partial charge in [-0.3, -0.25) is 4.79 Å². The molecule has 1 saturated heterocycles. The molecule has 31 heavy (non-hydrogen) atoms. The third-order valence-electron chi connectivity index (χ3n) is 5.76. The number of methoxy groups -OCH3 is 1. The molecule has 0 unspecified atom stereocenters. The molecule has 1 heterocycles. The number of hydrogen-bond acceptors (Lipinski definition) is 4. The predicted octanol–water partition coefficient (Wildman–Crippen LogP) is 4.35. The standard InChI is InChI=1S/C24H30ClFN3O2/c1-31-23-15-22(27)21(25)14-20(23)24(30)28-16-18-9-12-29(13-10-18)11-3-2-4-17-5-7-19(26)8-6-17/h2,5-8,14-15,18H,3-4,9-13,16,27H2,1H3,(H,28,30). The number of benzene rings is 2. The van der Waals surface area contributed by atoms with Crippen LogP contribution in [0.5, 0.6) is 5.75 Å². The average Bonchev–Trinajstić information content (AvgIpc) is 2.78. The zero-order valence-corrected chi connectivity index (χ0v) is 18.6. The van der Waals surface area contributed by atoms with E-state index in [2.05, 4.69) is 16.6 Å². The van der Waals surface area contributed by atoms with Gasteiger partial charge in [0.25, 0.3) is 5.91 Å². The molecular weight excluding hydrogens is 417 g/mol. The quantitative estimate of drug-likeness (QED) is 0.444. The number of anilines is 1. The number of unbranched alkanes of at least 4 members (excludes halogenated alkanes) is 1. The molecular formula is C24H30ClFN3O2. The molecule has 2 aromatic rings. The molecule has 0 saturated carbocycles. The molecule has 0 aromatic heterocycles. The van der Waals surface area contributed by atoms with Crippen LogP contribution in [0, 0.1) is 18.2 Å². The molecule has 1 aliphatic heterocycles. The van der Waals surface area contributed by atoms with Gasteiger partial charge in [-0.05, 0) is 81.4 Å². The number of nitrogens with zero attached hydrogens (tertiary/aromatic N) is 1. The van der Waals surface area contributed by atoms with Gasteiger partial charge < -0.3 is 20.7 Å². The molecule has 167 valence electrons. The number of nitrogens with two attached hydrogens (primary N) is 1. The summed E-state index contributed by atoms with van der Waals surface area (Å²) in [6, 6.07) is 9.80. The minimum atomic E-state index is -0.198. The van der Waals surface area contributed by atoms with Gasteiger partial charge in [0.1, 0.15) is 11.6 Å². The molecule has 3 N–H and O–H groups in total. The summed E-state index contributed by atoms with van der Waals surface area (Å²) in [5.41, 5.74) is 7.70. The van der Waals surface area contributed by atoms with Gasteiger partial charge in [-0.15, -0.1) is 0 Å². The number of carbonyl (C=O) groups excluding carboxylic acids is 1. The Morgan fingerprint density at radius 2 is 2.00 bits per heavy atom. The molecule has 1 amide bonds. The maximum Gasteiger partial charge on any atom is 0.255 e. The van der Waals surface area contributed by atoms with E-state index in [1.165, 1.54) is 19.2 Å². The first-order valence-electron chi connectivity index (χ1n) is 10.7. The van der Waals surface area contributed by atoms with Gasteiger partial charge in [0, 0.05) is 12.6 Å². The summed E-state index contributed by atoms with van der Waals surface area (Å²) < 4.78 is 18.2. The highest BCUT2D eigenvalue weighted by molar-refractivity contribution is 6.33. The van der Waals surface area contributed by atoms with Crippen LogP contribution >= 0.6 is 11.6 Å². The Hall–Kier alpha value is -2.31. The van der Waals surface area contributed by atoms with Gasteiger partial charge in [-0.1, -0.05) is 23.7 Å². The highest BCUT2D eigenvalue weighted by Crippen LogP contribution is 2.29. The second-order valence-electron chi connectivity index (χ2n) is 7.98. The zero-order chi connectivity index (χ0) is 22.2. The Labute approximate surface area is 188 Å². The summed E-state index contributed by atoms with van der Waals surface area (Å²) in [6.45, 7) is 3.72. The van der Waals surface area contributed by atoms with Gasteiger partial charge in [0.05, 0.1) is 23.4 Å². The predicted molar refractivity (Wildman–Crippen MR) is 123 cm³/mol. The zero-order valence-electron chi connectivity index (χ0n) is 17.9. The lowest BCUT2D eigenvalue weighted by molar-refractivity contribution is 0.0933. The van der Waals surface area contributed by atoms with E-state index in [0.29, 0.717) is 34.5 Å². The summed E-state index contributed by atoms with van der Waals surface area (Å²) >= 11 is 6.06. The number of halogens is 2. The molecule has 1 radical (unpaired) electrons. The van der Waals surface area contributed by atoms with Gasteiger partial charge in [0.2, 0.25) is 0 Å². The Kier molecular flexibility index (Phi) is 8.55. The summed E-state index contributed by atoms with van der Waals surface area (Å²) in [7, 11) is 1.51. The smallest absolute Gasteiger partial charge is 0.255 e. The fourth-order valence-corrected chi connectivity index (χ4v) is 3.99. The molecule has 3 rings (SSSR count). The lowest BCUT2D eigenvalue weighted by Crippen LogP contribution is -2.39. The summed E-state index contributed by atoms with van der Waals surface area (Å²) in [6.07, 6.45) is 6.23. The van der Waals surface area contributed by atoms with E-state index in [-0.39, 0.29) is 11.7 Å². The third-order valence-corrected chi connectivity index (χ3v) is 6.09. The van der Waals surface area contributed by atoms with Crippen LogP contribution in [-0.4, -0.2) is 44.1 Å². The molecule has 1 aliphatic rings. The number of carbonyl (C=O) groups is 1. The number of hydrogen-bond donors (Lipinski definition) is 2. The highest BCUT2D eigenvalue weighted by atomic mass is 35.5. The number of likely N-dealkylation sites (tertiary alicyclic amines) is 1. The van der Waals surface area contributed by atoms with Gasteiger partial charge in [0.15, 0.2) is 0 Å². The summed E-state index contributed by atoms with van der Waals surface area (Å²) in [5, 5.41) is 3.35. The number of rotatable bonds is 9. The van der Waals surface area contributed by atoms with Crippen molar-refractivity contribution in [3.63, 3.8) is 0 Å². The van der Waals surface area contributed by atoms with Crippen molar-refractivity contribution in [1.29, 1.82) is 0 Å². The van der Waals surface area contributed by atoms with Crippen LogP contribution in [0.3, 0.4) is 0 Å². The second kappa shape index (κ2) is 11.3. The number of nitrogen functional groups attached to an aromatic ring is 1. The van der Waals surface area contributed by atoms with Crippen molar-refractivity contribution in [3.05, 3.63) is 64.8 Å². The number of piperidine rings is 1. The monoisotopic (exact) mass is 446 g/mol. The second-order valence-corrected chi connectivity index (χ2v) is 8.38. The Morgan fingerprint density at radius 1 is 1.29 bits per heavy atom. The lowest BCUT2D eigenvalue weighted by Gasteiger charge is -2.32. The first-order chi connectivity index (χ1) is 15.0. The van der Waals surface area contributed by atoms with Gasteiger partial charge in [-0.2, -0.15) is 0 Å².